The molecule has 3 aromatic rings. The summed E-state index contributed by atoms with van der Waals surface area (Å²) in [7, 11) is -1.40. The van der Waals surface area contributed by atoms with E-state index in [2.05, 4.69) is 7.05 Å². The SMILES string of the molecule is C[N+]1(C(c2ccc(Cl)cc2)c2ccc(Cl)cc2)CC(N(c2cccc(O)c2)S(C)(=O)=O)C1.[Br-]. The maximum Gasteiger partial charge on any atom is 0.232 e. The van der Waals surface area contributed by atoms with Gasteiger partial charge in [0.2, 0.25) is 10.0 Å². The highest BCUT2D eigenvalue weighted by atomic mass is 79.9. The highest BCUT2D eigenvalue weighted by Gasteiger charge is 2.51. The van der Waals surface area contributed by atoms with Crippen molar-refractivity contribution in [3.05, 3.63) is 94.0 Å². The molecule has 1 heterocycles. The first-order valence-electron chi connectivity index (χ1n) is 10.2. The molecule has 0 spiro atoms. The first-order chi connectivity index (χ1) is 15.1. The Bertz CT molecular complexity index is 1170. The molecule has 0 aromatic heterocycles. The second-order valence-corrected chi connectivity index (χ2v) is 11.3. The van der Waals surface area contributed by atoms with Gasteiger partial charge in [-0.25, -0.2) is 8.42 Å². The van der Waals surface area contributed by atoms with E-state index >= 15 is 0 Å². The molecule has 0 amide bonds. The number of likely N-dealkylation sites (tertiary alicyclic amines) is 1. The zero-order valence-corrected chi connectivity index (χ0v) is 22.1. The molecule has 1 aliphatic heterocycles. The summed E-state index contributed by atoms with van der Waals surface area (Å²) in [5.74, 6) is 0.0351. The molecule has 0 bridgehead atoms. The maximum absolute atomic E-state index is 12.7. The van der Waals surface area contributed by atoms with Crippen LogP contribution in [0, 0.1) is 0 Å². The lowest BCUT2D eigenvalue weighted by molar-refractivity contribution is -0.970. The van der Waals surface area contributed by atoms with Crippen molar-refractivity contribution >= 4 is 38.9 Å². The number of anilines is 1. The molecule has 176 valence electrons. The second kappa shape index (κ2) is 9.84. The molecule has 5 nitrogen and oxygen atoms in total. The number of hydrogen-bond acceptors (Lipinski definition) is 3. The zero-order chi connectivity index (χ0) is 23.1. The highest BCUT2D eigenvalue weighted by Crippen LogP contribution is 2.42. The van der Waals surface area contributed by atoms with Gasteiger partial charge in [-0.05, 0) is 36.4 Å². The molecule has 9 heteroatoms. The van der Waals surface area contributed by atoms with Crippen LogP contribution in [0.4, 0.5) is 5.69 Å². The van der Waals surface area contributed by atoms with Crippen molar-refractivity contribution in [3.8, 4) is 5.75 Å². The predicted octanol–water partition coefficient (Wildman–Crippen LogP) is 2.09. The molecule has 0 aliphatic carbocycles. The van der Waals surface area contributed by atoms with Gasteiger partial charge >= 0.3 is 0 Å². The van der Waals surface area contributed by atoms with Crippen LogP contribution in [-0.2, 0) is 10.0 Å². The van der Waals surface area contributed by atoms with E-state index in [1.165, 1.54) is 22.7 Å². The van der Waals surface area contributed by atoms with Crippen LogP contribution in [0.15, 0.2) is 72.8 Å². The largest absolute Gasteiger partial charge is 1.00 e. The molecule has 4 rings (SSSR count). The maximum atomic E-state index is 12.7. The minimum atomic E-state index is -3.53. The molecule has 33 heavy (non-hydrogen) atoms. The Morgan fingerprint density at radius 3 is 1.85 bits per heavy atom. The van der Waals surface area contributed by atoms with Crippen LogP contribution < -0.4 is 21.3 Å². The Hall–Kier alpha value is -1.77. The fourth-order valence-electron chi connectivity index (χ4n) is 4.77. The summed E-state index contributed by atoms with van der Waals surface area (Å²) in [6.07, 6.45) is 1.20. The number of likely N-dealkylation sites (N-methyl/N-ethyl adjacent to an activating group) is 1. The molecule has 0 radical (unpaired) electrons. The third-order valence-electron chi connectivity index (χ3n) is 6.02. The number of halogens is 3. The number of hydrogen-bond donors (Lipinski definition) is 1. The molecule has 1 aliphatic rings. The van der Waals surface area contributed by atoms with E-state index in [0.29, 0.717) is 33.3 Å². The van der Waals surface area contributed by atoms with E-state index in [4.69, 9.17) is 23.2 Å². The lowest BCUT2D eigenvalue weighted by Gasteiger charge is -2.54. The lowest BCUT2D eigenvalue weighted by Crippen LogP contribution is -3.00. The summed E-state index contributed by atoms with van der Waals surface area (Å²) in [5, 5.41) is 11.2. The van der Waals surface area contributed by atoms with Crippen LogP contribution in [0.25, 0.3) is 0 Å². The minimum absolute atomic E-state index is 0. The number of quaternary nitrogens is 1. The van der Waals surface area contributed by atoms with Crippen molar-refractivity contribution in [2.45, 2.75) is 12.1 Å². The Balaban J connectivity index is 0.00000306. The normalized spacial score (nSPS) is 20.1. The number of benzene rings is 3. The number of sulfonamides is 1. The smallest absolute Gasteiger partial charge is 0.232 e. The van der Waals surface area contributed by atoms with Crippen molar-refractivity contribution in [3.63, 3.8) is 0 Å². The monoisotopic (exact) mass is 570 g/mol. The summed E-state index contributed by atoms with van der Waals surface area (Å²) in [6, 6.07) is 21.7. The average molecular weight is 572 g/mol. The van der Waals surface area contributed by atoms with E-state index in [0.717, 1.165) is 11.1 Å². The van der Waals surface area contributed by atoms with Gasteiger partial charge in [0.05, 0.1) is 19.0 Å². The van der Waals surface area contributed by atoms with E-state index in [1.54, 1.807) is 12.1 Å². The van der Waals surface area contributed by atoms with Gasteiger partial charge in [0.1, 0.15) is 30.9 Å². The zero-order valence-electron chi connectivity index (χ0n) is 18.2. The summed E-state index contributed by atoms with van der Waals surface area (Å²) >= 11 is 12.2. The Morgan fingerprint density at radius 2 is 1.42 bits per heavy atom. The van der Waals surface area contributed by atoms with E-state index in [1.807, 2.05) is 48.5 Å². The van der Waals surface area contributed by atoms with Gasteiger partial charge < -0.3 is 26.6 Å². The van der Waals surface area contributed by atoms with Gasteiger partial charge in [-0.1, -0.05) is 53.5 Å². The minimum Gasteiger partial charge on any atom is -1.00 e. The first-order valence-corrected chi connectivity index (χ1v) is 12.8. The van der Waals surface area contributed by atoms with Gasteiger partial charge in [0.15, 0.2) is 0 Å². The van der Waals surface area contributed by atoms with E-state index in [-0.39, 0.29) is 34.8 Å². The lowest BCUT2D eigenvalue weighted by atomic mass is 9.90. The highest BCUT2D eigenvalue weighted by molar-refractivity contribution is 7.92. The van der Waals surface area contributed by atoms with E-state index in [9.17, 15) is 13.5 Å². The van der Waals surface area contributed by atoms with Crippen LogP contribution in [-0.4, -0.2) is 50.4 Å². The molecule has 0 saturated carbocycles. The van der Waals surface area contributed by atoms with E-state index < -0.39 is 10.0 Å². The molecule has 1 fully saturated rings. The van der Waals surface area contributed by atoms with Crippen molar-refractivity contribution in [1.82, 2.24) is 0 Å². The van der Waals surface area contributed by atoms with Crippen LogP contribution in [0.2, 0.25) is 10.0 Å². The van der Waals surface area contributed by atoms with Gasteiger partial charge in [0.25, 0.3) is 0 Å². The molecule has 0 unspecified atom stereocenters. The summed E-state index contributed by atoms with van der Waals surface area (Å²) in [5.41, 5.74) is 2.67. The average Bonchev–Trinajstić information content (AvgIpc) is 2.69. The summed E-state index contributed by atoms with van der Waals surface area (Å²) < 4.78 is 27.4. The fourth-order valence-corrected chi connectivity index (χ4v) is 6.20. The molecule has 0 atom stereocenters. The van der Waals surface area contributed by atoms with Gasteiger partial charge in [-0.2, -0.15) is 0 Å². The topological polar surface area (TPSA) is 57.6 Å². The van der Waals surface area contributed by atoms with Crippen molar-refractivity contribution in [2.75, 3.05) is 30.7 Å². The van der Waals surface area contributed by atoms with Gasteiger partial charge in [-0.15, -0.1) is 0 Å². The number of rotatable bonds is 6. The van der Waals surface area contributed by atoms with Crippen molar-refractivity contribution < 1.29 is 35.0 Å². The molecule has 3 aromatic carbocycles. The summed E-state index contributed by atoms with van der Waals surface area (Å²) in [6.45, 7) is 1.22. The van der Waals surface area contributed by atoms with Crippen LogP contribution >= 0.6 is 23.2 Å². The standard InChI is InChI=1S/C24H24Cl2N2O3S.BrH/c1-28(15-22(16-28)27(32(2,30)31)21-4-3-5-23(29)14-21)24(17-6-10-19(25)11-7-17)18-8-12-20(26)13-9-18;/h3-14,22,24H,15-16H2,1-2H3;1H. The number of phenols is 1. The van der Waals surface area contributed by atoms with Gasteiger partial charge in [-0.3, -0.25) is 4.31 Å². The fraction of sp³-hybridized carbons (Fsp3) is 0.250. The van der Waals surface area contributed by atoms with Crippen LogP contribution in [0.1, 0.15) is 17.2 Å². The Labute approximate surface area is 215 Å². The predicted molar refractivity (Wildman–Crippen MR) is 130 cm³/mol. The number of aromatic hydroxyl groups is 1. The van der Waals surface area contributed by atoms with Crippen molar-refractivity contribution in [1.29, 1.82) is 0 Å². The second-order valence-electron chi connectivity index (χ2n) is 8.58. The molecule has 1 N–H and O–H groups in total. The van der Waals surface area contributed by atoms with Crippen LogP contribution in [0.5, 0.6) is 5.75 Å². The Morgan fingerprint density at radius 1 is 0.939 bits per heavy atom. The van der Waals surface area contributed by atoms with Crippen molar-refractivity contribution in [2.24, 2.45) is 0 Å². The molecular formula is C24H25BrCl2N2O3S. The number of phenolic OH excluding ortho intramolecular Hbond substituents is 1. The Kier molecular flexibility index (Phi) is 7.71. The third-order valence-corrected chi connectivity index (χ3v) is 7.75. The first kappa shape index (κ1) is 25.8. The summed E-state index contributed by atoms with van der Waals surface area (Å²) in [4.78, 5) is 0. The quantitative estimate of drug-likeness (QED) is 0.461. The molecule has 1 saturated heterocycles. The van der Waals surface area contributed by atoms with Gasteiger partial charge in [0, 0.05) is 27.2 Å². The number of nitrogens with zero attached hydrogens (tertiary/aromatic N) is 2. The third kappa shape index (κ3) is 5.49. The molecular weight excluding hydrogens is 547 g/mol. The van der Waals surface area contributed by atoms with Crippen LogP contribution in [0.3, 0.4) is 0 Å².